The number of carbonyl (C=O) groups excluding carboxylic acids is 1. The highest BCUT2D eigenvalue weighted by atomic mass is 32.2. The summed E-state index contributed by atoms with van der Waals surface area (Å²) in [6, 6.07) is 5.96. The fraction of sp³-hybridized carbons (Fsp3) is 0.188. The van der Waals surface area contributed by atoms with Gasteiger partial charge in [0.25, 0.3) is 0 Å². The second kappa shape index (κ2) is 6.55. The van der Waals surface area contributed by atoms with Crippen molar-refractivity contribution in [3.63, 3.8) is 0 Å². The van der Waals surface area contributed by atoms with Crippen molar-refractivity contribution >= 4 is 34.7 Å². The third kappa shape index (κ3) is 3.46. The Balaban J connectivity index is 1.93. The molecule has 0 spiro atoms. The standard InChI is InChI=1S/C16H16N4OS2/c1-10(21)18-13-5-4-11(6-15(13)22-3)14-9-23-16(19-14)12-7-17-20(2)8-12/h4-9H,1-3H3,(H,18,21). The number of amides is 1. The number of aromatic nitrogens is 3. The molecule has 0 saturated carbocycles. The van der Waals surface area contributed by atoms with Crippen LogP contribution in [0.1, 0.15) is 6.92 Å². The minimum Gasteiger partial charge on any atom is -0.325 e. The number of thiazole rings is 1. The lowest BCUT2D eigenvalue weighted by Crippen LogP contribution is -2.06. The first-order valence-corrected chi connectivity index (χ1v) is 9.08. The van der Waals surface area contributed by atoms with E-state index in [1.54, 1.807) is 27.8 Å². The molecule has 2 aromatic heterocycles. The largest absolute Gasteiger partial charge is 0.325 e. The van der Waals surface area contributed by atoms with E-state index < -0.39 is 0 Å². The van der Waals surface area contributed by atoms with Gasteiger partial charge in [-0.1, -0.05) is 6.07 Å². The quantitative estimate of drug-likeness (QED) is 0.730. The number of anilines is 1. The van der Waals surface area contributed by atoms with Crippen molar-refractivity contribution in [1.82, 2.24) is 14.8 Å². The van der Waals surface area contributed by atoms with Gasteiger partial charge >= 0.3 is 0 Å². The van der Waals surface area contributed by atoms with Crippen molar-refractivity contribution in [3.05, 3.63) is 36.0 Å². The van der Waals surface area contributed by atoms with E-state index in [9.17, 15) is 4.79 Å². The highest BCUT2D eigenvalue weighted by molar-refractivity contribution is 7.98. The summed E-state index contributed by atoms with van der Waals surface area (Å²) in [7, 11) is 1.89. The Morgan fingerprint density at radius 2 is 2.17 bits per heavy atom. The summed E-state index contributed by atoms with van der Waals surface area (Å²) in [4.78, 5) is 17.0. The van der Waals surface area contributed by atoms with E-state index in [0.29, 0.717) is 0 Å². The Morgan fingerprint density at radius 1 is 1.35 bits per heavy atom. The van der Waals surface area contributed by atoms with Gasteiger partial charge in [-0.05, 0) is 18.4 Å². The van der Waals surface area contributed by atoms with Crippen LogP contribution in [0.25, 0.3) is 21.8 Å². The van der Waals surface area contributed by atoms with Gasteiger partial charge in [0.15, 0.2) is 0 Å². The molecule has 1 amide bonds. The number of hydrogen-bond donors (Lipinski definition) is 1. The maximum absolute atomic E-state index is 11.3. The lowest BCUT2D eigenvalue weighted by Gasteiger charge is -2.09. The zero-order chi connectivity index (χ0) is 16.4. The smallest absolute Gasteiger partial charge is 0.221 e. The maximum Gasteiger partial charge on any atom is 0.221 e. The molecule has 0 unspecified atom stereocenters. The molecule has 1 aromatic carbocycles. The van der Waals surface area contributed by atoms with Crippen molar-refractivity contribution in [2.24, 2.45) is 7.05 Å². The maximum atomic E-state index is 11.3. The van der Waals surface area contributed by atoms with E-state index in [2.05, 4.69) is 16.5 Å². The van der Waals surface area contributed by atoms with Gasteiger partial charge in [-0.15, -0.1) is 23.1 Å². The third-order valence-electron chi connectivity index (χ3n) is 3.26. The molecule has 3 rings (SSSR count). The fourth-order valence-electron chi connectivity index (χ4n) is 2.21. The molecule has 118 valence electrons. The van der Waals surface area contributed by atoms with Gasteiger partial charge in [0, 0.05) is 41.6 Å². The van der Waals surface area contributed by atoms with Gasteiger partial charge in [-0.25, -0.2) is 4.98 Å². The molecule has 0 radical (unpaired) electrons. The minimum absolute atomic E-state index is 0.0689. The van der Waals surface area contributed by atoms with Crippen molar-refractivity contribution in [2.45, 2.75) is 11.8 Å². The SMILES string of the molecule is CSc1cc(-c2csc(-c3cnn(C)c3)n2)ccc1NC(C)=O. The summed E-state index contributed by atoms with van der Waals surface area (Å²) in [6.07, 6.45) is 5.76. The highest BCUT2D eigenvalue weighted by Gasteiger charge is 2.11. The lowest BCUT2D eigenvalue weighted by atomic mass is 10.1. The van der Waals surface area contributed by atoms with E-state index in [1.807, 2.05) is 43.2 Å². The highest BCUT2D eigenvalue weighted by Crippen LogP contribution is 2.33. The van der Waals surface area contributed by atoms with Crippen LogP contribution in [0.3, 0.4) is 0 Å². The molecular weight excluding hydrogens is 328 g/mol. The number of nitrogens with one attached hydrogen (secondary N) is 1. The zero-order valence-corrected chi connectivity index (χ0v) is 14.7. The van der Waals surface area contributed by atoms with E-state index in [4.69, 9.17) is 4.98 Å². The van der Waals surface area contributed by atoms with E-state index in [1.165, 1.54) is 6.92 Å². The zero-order valence-electron chi connectivity index (χ0n) is 13.0. The molecule has 23 heavy (non-hydrogen) atoms. The van der Waals surface area contributed by atoms with Crippen LogP contribution in [-0.4, -0.2) is 26.9 Å². The van der Waals surface area contributed by atoms with Crippen LogP contribution in [0.2, 0.25) is 0 Å². The summed E-state index contributed by atoms with van der Waals surface area (Å²) in [5.41, 5.74) is 3.81. The number of carbonyl (C=O) groups is 1. The van der Waals surface area contributed by atoms with Gasteiger partial charge < -0.3 is 5.32 Å². The van der Waals surface area contributed by atoms with Crippen molar-refractivity contribution < 1.29 is 4.79 Å². The van der Waals surface area contributed by atoms with Gasteiger partial charge in [-0.3, -0.25) is 9.48 Å². The molecule has 0 aliphatic rings. The van der Waals surface area contributed by atoms with Crippen LogP contribution < -0.4 is 5.32 Å². The lowest BCUT2D eigenvalue weighted by molar-refractivity contribution is -0.114. The Labute approximate surface area is 142 Å². The topological polar surface area (TPSA) is 59.8 Å². The first kappa shape index (κ1) is 15.8. The fourth-order valence-corrected chi connectivity index (χ4v) is 3.60. The molecule has 0 aliphatic heterocycles. The minimum atomic E-state index is -0.0689. The molecule has 0 atom stereocenters. The molecule has 0 bridgehead atoms. The Morgan fingerprint density at radius 3 is 2.83 bits per heavy atom. The van der Waals surface area contributed by atoms with Gasteiger partial charge in [0.2, 0.25) is 5.91 Å². The summed E-state index contributed by atoms with van der Waals surface area (Å²) >= 11 is 3.20. The third-order valence-corrected chi connectivity index (χ3v) is 4.93. The van der Waals surface area contributed by atoms with Crippen LogP contribution in [0.15, 0.2) is 40.9 Å². The molecule has 3 aromatic rings. The van der Waals surface area contributed by atoms with Crippen LogP contribution in [0, 0.1) is 0 Å². The molecule has 5 nitrogen and oxygen atoms in total. The molecular formula is C16H16N4OS2. The van der Waals surface area contributed by atoms with Crippen LogP contribution in [0.5, 0.6) is 0 Å². The normalized spacial score (nSPS) is 10.7. The first-order chi connectivity index (χ1) is 11.1. The molecule has 0 aliphatic carbocycles. The summed E-state index contributed by atoms with van der Waals surface area (Å²) in [5.74, 6) is -0.0689. The van der Waals surface area contributed by atoms with Gasteiger partial charge in [-0.2, -0.15) is 5.10 Å². The molecule has 1 N–H and O–H groups in total. The van der Waals surface area contributed by atoms with Gasteiger partial charge in [0.05, 0.1) is 17.6 Å². The average Bonchev–Trinajstić information content (AvgIpc) is 3.16. The van der Waals surface area contributed by atoms with Crippen LogP contribution in [-0.2, 0) is 11.8 Å². The number of thioether (sulfide) groups is 1. The number of rotatable bonds is 4. The Kier molecular flexibility index (Phi) is 4.49. The first-order valence-electron chi connectivity index (χ1n) is 6.97. The number of hydrogen-bond acceptors (Lipinski definition) is 5. The number of aryl methyl sites for hydroxylation is 1. The summed E-state index contributed by atoms with van der Waals surface area (Å²) in [6.45, 7) is 1.51. The predicted octanol–water partition coefficient (Wildman–Crippen LogP) is 3.89. The molecule has 0 saturated heterocycles. The van der Waals surface area contributed by atoms with Crippen LogP contribution >= 0.6 is 23.1 Å². The molecule has 7 heteroatoms. The van der Waals surface area contributed by atoms with E-state index >= 15 is 0 Å². The molecule has 0 fully saturated rings. The van der Waals surface area contributed by atoms with Gasteiger partial charge in [0.1, 0.15) is 5.01 Å². The van der Waals surface area contributed by atoms with Crippen molar-refractivity contribution in [3.8, 4) is 21.8 Å². The second-order valence-electron chi connectivity index (χ2n) is 5.04. The van der Waals surface area contributed by atoms with Crippen LogP contribution in [0.4, 0.5) is 5.69 Å². The van der Waals surface area contributed by atoms with E-state index in [0.717, 1.165) is 32.4 Å². The number of nitrogens with zero attached hydrogens (tertiary/aromatic N) is 3. The van der Waals surface area contributed by atoms with Crippen molar-refractivity contribution in [1.29, 1.82) is 0 Å². The summed E-state index contributed by atoms with van der Waals surface area (Å²) in [5, 5.41) is 10.0. The number of benzene rings is 1. The van der Waals surface area contributed by atoms with E-state index in [-0.39, 0.29) is 5.91 Å². The average molecular weight is 344 g/mol. The predicted molar refractivity (Wildman–Crippen MR) is 95.8 cm³/mol. The Hall–Kier alpha value is -2.12. The Bertz CT molecular complexity index is 853. The summed E-state index contributed by atoms with van der Waals surface area (Å²) < 4.78 is 1.77. The molecule has 2 heterocycles. The second-order valence-corrected chi connectivity index (χ2v) is 6.74. The van der Waals surface area contributed by atoms with Crippen molar-refractivity contribution in [2.75, 3.05) is 11.6 Å². The monoisotopic (exact) mass is 344 g/mol.